The standard InChI is InChI=1S/C15H15NO5/c1-16-13(18)8-9-5-6-10(7-11(9)15(16)21)12(17)3-2-4-14(19)20/h5-7H,2-4,8H2,1H3,(H,19,20). The molecular formula is C15H15NO5. The van der Waals surface area contributed by atoms with Crippen molar-refractivity contribution < 1.29 is 24.3 Å². The van der Waals surface area contributed by atoms with Crippen LogP contribution >= 0.6 is 0 Å². The van der Waals surface area contributed by atoms with E-state index in [9.17, 15) is 19.2 Å². The summed E-state index contributed by atoms with van der Waals surface area (Å²) in [6.07, 6.45) is 0.462. The number of benzene rings is 1. The Kier molecular flexibility index (Phi) is 4.16. The van der Waals surface area contributed by atoms with Crippen LogP contribution in [0.25, 0.3) is 0 Å². The van der Waals surface area contributed by atoms with Crippen LogP contribution in [0.5, 0.6) is 0 Å². The molecule has 110 valence electrons. The monoisotopic (exact) mass is 289 g/mol. The Morgan fingerprint density at radius 1 is 1.24 bits per heavy atom. The highest BCUT2D eigenvalue weighted by atomic mass is 16.4. The first-order chi connectivity index (χ1) is 9.90. The lowest BCUT2D eigenvalue weighted by atomic mass is 9.94. The van der Waals surface area contributed by atoms with Crippen LogP contribution in [0.4, 0.5) is 0 Å². The van der Waals surface area contributed by atoms with Gasteiger partial charge in [-0.05, 0) is 18.1 Å². The van der Waals surface area contributed by atoms with Gasteiger partial charge in [-0.25, -0.2) is 0 Å². The summed E-state index contributed by atoms with van der Waals surface area (Å²) in [5, 5.41) is 8.55. The molecule has 0 radical (unpaired) electrons. The Morgan fingerprint density at radius 3 is 2.62 bits per heavy atom. The Hall–Kier alpha value is -2.50. The molecule has 6 heteroatoms. The van der Waals surface area contributed by atoms with Crippen LogP contribution in [0.1, 0.15) is 45.5 Å². The van der Waals surface area contributed by atoms with E-state index in [0.29, 0.717) is 16.7 Å². The molecule has 1 heterocycles. The molecule has 1 aromatic rings. The van der Waals surface area contributed by atoms with Gasteiger partial charge in [0.1, 0.15) is 0 Å². The molecule has 21 heavy (non-hydrogen) atoms. The van der Waals surface area contributed by atoms with E-state index in [4.69, 9.17) is 5.11 Å². The van der Waals surface area contributed by atoms with Gasteiger partial charge in [-0.2, -0.15) is 0 Å². The van der Waals surface area contributed by atoms with E-state index in [1.54, 1.807) is 12.1 Å². The number of ketones is 1. The van der Waals surface area contributed by atoms with Gasteiger partial charge >= 0.3 is 5.97 Å². The van der Waals surface area contributed by atoms with Crippen molar-refractivity contribution in [2.45, 2.75) is 25.7 Å². The van der Waals surface area contributed by atoms with Gasteiger partial charge in [0.05, 0.1) is 6.42 Å². The lowest BCUT2D eigenvalue weighted by Crippen LogP contribution is -2.39. The second-order valence-electron chi connectivity index (χ2n) is 4.98. The van der Waals surface area contributed by atoms with E-state index in [-0.39, 0.29) is 37.4 Å². The van der Waals surface area contributed by atoms with Gasteiger partial charge in [0.25, 0.3) is 5.91 Å². The second-order valence-corrected chi connectivity index (χ2v) is 4.98. The van der Waals surface area contributed by atoms with Crippen molar-refractivity contribution in [1.82, 2.24) is 4.90 Å². The molecule has 0 unspecified atom stereocenters. The van der Waals surface area contributed by atoms with E-state index in [2.05, 4.69) is 0 Å². The molecule has 0 spiro atoms. The van der Waals surface area contributed by atoms with Crippen LogP contribution in [0, 0.1) is 0 Å². The lowest BCUT2D eigenvalue weighted by Gasteiger charge is -2.23. The number of carboxylic acids is 1. The average Bonchev–Trinajstić information content (AvgIpc) is 2.44. The Morgan fingerprint density at radius 2 is 1.95 bits per heavy atom. The van der Waals surface area contributed by atoms with Crippen molar-refractivity contribution >= 4 is 23.6 Å². The van der Waals surface area contributed by atoms with E-state index in [1.165, 1.54) is 13.1 Å². The van der Waals surface area contributed by atoms with E-state index < -0.39 is 11.9 Å². The molecule has 0 atom stereocenters. The number of amides is 2. The van der Waals surface area contributed by atoms with Crippen molar-refractivity contribution in [3.8, 4) is 0 Å². The first-order valence-electron chi connectivity index (χ1n) is 6.59. The molecular weight excluding hydrogens is 274 g/mol. The van der Waals surface area contributed by atoms with E-state index in [0.717, 1.165) is 4.90 Å². The summed E-state index contributed by atoms with van der Waals surface area (Å²) in [6, 6.07) is 4.68. The maximum Gasteiger partial charge on any atom is 0.303 e. The molecule has 0 aromatic heterocycles. The Bertz CT molecular complexity index is 635. The molecule has 0 fully saturated rings. The molecule has 0 saturated heterocycles. The fourth-order valence-electron chi connectivity index (χ4n) is 2.22. The summed E-state index contributed by atoms with van der Waals surface area (Å²) in [7, 11) is 1.41. The number of rotatable bonds is 5. The van der Waals surface area contributed by atoms with Crippen molar-refractivity contribution in [2.24, 2.45) is 0 Å². The zero-order chi connectivity index (χ0) is 15.6. The van der Waals surface area contributed by atoms with Crippen molar-refractivity contribution in [3.05, 3.63) is 34.9 Å². The van der Waals surface area contributed by atoms with Crippen LogP contribution in [0.2, 0.25) is 0 Å². The van der Waals surface area contributed by atoms with Gasteiger partial charge in [-0.15, -0.1) is 0 Å². The normalized spacial score (nSPS) is 14.0. The first kappa shape index (κ1) is 14.9. The maximum atomic E-state index is 12.0. The predicted octanol–water partition coefficient (Wildman–Crippen LogP) is 1.28. The number of carbonyl (C=O) groups is 4. The third-order valence-corrected chi connectivity index (χ3v) is 3.48. The van der Waals surface area contributed by atoms with Gasteiger partial charge in [0, 0.05) is 31.0 Å². The fraction of sp³-hybridized carbons (Fsp3) is 0.333. The zero-order valence-corrected chi connectivity index (χ0v) is 11.6. The number of hydrogen-bond acceptors (Lipinski definition) is 4. The van der Waals surface area contributed by atoms with Crippen LogP contribution in [0.3, 0.4) is 0 Å². The highest BCUT2D eigenvalue weighted by Crippen LogP contribution is 2.21. The van der Waals surface area contributed by atoms with Crippen LogP contribution in [-0.4, -0.2) is 40.6 Å². The van der Waals surface area contributed by atoms with Crippen LogP contribution in [-0.2, 0) is 16.0 Å². The summed E-state index contributed by atoms with van der Waals surface area (Å²) in [5.74, 6) is -1.83. The number of likely N-dealkylation sites (N-methyl/N-ethyl adjacent to an activating group) is 1. The van der Waals surface area contributed by atoms with E-state index >= 15 is 0 Å². The summed E-state index contributed by atoms with van der Waals surface area (Å²) in [5.41, 5.74) is 1.35. The number of Topliss-reactive ketones (excluding diaryl/α,β-unsaturated/α-hetero) is 1. The molecule has 0 saturated carbocycles. The highest BCUT2D eigenvalue weighted by Gasteiger charge is 2.28. The number of fused-ring (bicyclic) bond motifs is 1. The minimum atomic E-state index is -0.941. The molecule has 0 bridgehead atoms. The Labute approximate surface area is 121 Å². The minimum absolute atomic E-state index is 0.0626. The topological polar surface area (TPSA) is 91.8 Å². The molecule has 1 aliphatic heterocycles. The van der Waals surface area contributed by atoms with E-state index in [1.807, 2.05) is 0 Å². The largest absolute Gasteiger partial charge is 0.481 e. The number of hydrogen-bond donors (Lipinski definition) is 1. The molecule has 1 aliphatic rings. The summed E-state index contributed by atoms with van der Waals surface area (Å²) < 4.78 is 0. The first-order valence-corrected chi connectivity index (χ1v) is 6.59. The number of nitrogens with zero attached hydrogens (tertiary/aromatic N) is 1. The average molecular weight is 289 g/mol. The summed E-state index contributed by atoms with van der Waals surface area (Å²) >= 11 is 0. The third-order valence-electron chi connectivity index (χ3n) is 3.48. The number of carboxylic acid groups (broad SMARTS) is 1. The molecule has 1 N–H and O–H groups in total. The van der Waals surface area contributed by atoms with Gasteiger partial charge < -0.3 is 5.11 Å². The summed E-state index contributed by atoms with van der Waals surface area (Å²) in [4.78, 5) is 47.0. The van der Waals surface area contributed by atoms with Crippen LogP contribution < -0.4 is 0 Å². The maximum absolute atomic E-state index is 12.0. The van der Waals surface area contributed by atoms with Gasteiger partial charge in [-0.1, -0.05) is 12.1 Å². The number of aliphatic carboxylic acids is 1. The molecule has 2 rings (SSSR count). The predicted molar refractivity (Wildman–Crippen MR) is 73.1 cm³/mol. The van der Waals surface area contributed by atoms with Crippen molar-refractivity contribution in [3.63, 3.8) is 0 Å². The fourth-order valence-corrected chi connectivity index (χ4v) is 2.22. The SMILES string of the molecule is CN1C(=O)Cc2ccc(C(=O)CCCC(=O)O)cc2C1=O. The van der Waals surface area contributed by atoms with Crippen LogP contribution in [0.15, 0.2) is 18.2 Å². The van der Waals surface area contributed by atoms with Crippen molar-refractivity contribution in [2.75, 3.05) is 7.05 Å². The quantitative estimate of drug-likeness (QED) is 0.651. The molecule has 0 aliphatic carbocycles. The molecule has 1 aromatic carbocycles. The number of carbonyl (C=O) groups excluding carboxylic acids is 3. The Balaban J connectivity index is 2.17. The molecule has 2 amide bonds. The van der Waals surface area contributed by atoms with Gasteiger partial charge in [0.2, 0.25) is 5.91 Å². The lowest BCUT2D eigenvalue weighted by molar-refractivity contribution is -0.137. The highest BCUT2D eigenvalue weighted by molar-refractivity contribution is 6.10. The van der Waals surface area contributed by atoms with Gasteiger partial charge in [0.15, 0.2) is 5.78 Å². The summed E-state index contributed by atoms with van der Waals surface area (Å²) in [6.45, 7) is 0. The minimum Gasteiger partial charge on any atom is -0.481 e. The van der Waals surface area contributed by atoms with Gasteiger partial charge in [-0.3, -0.25) is 24.1 Å². The number of imide groups is 1. The smallest absolute Gasteiger partial charge is 0.303 e. The third kappa shape index (κ3) is 3.16. The molecule has 6 nitrogen and oxygen atoms in total. The second kappa shape index (κ2) is 5.87. The zero-order valence-electron chi connectivity index (χ0n) is 11.6. The van der Waals surface area contributed by atoms with Crippen molar-refractivity contribution in [1.29, 1.82) is 0 Å².